The fourth-order valence-corrected chi connectivity index (χ4v) is 3.32. The van der Waals surface area contributed by atoms with Gasteiger partial charge in [-0.1, -0.05) is 6.07 Å². The van der Waals surface area contributed by atoms with Crippen LogP contribution in [0, 0.1) is 24.1 Å². The molecule has 9 nitrogen and oxygen atoms in total. The molecule has 0 atom stereocenters. The van der Waals surface area contributed by atoms with E-state index in [4.69, 9.17) is 15.1 Å². The number of nitriles is 1. The number of ether oxygens (including phenoxy) is 1. The van der Waals surface area contributed by atoms with Crippen molar-refractivity contribution in [2.24, 2.45) is 5.14 Å². The molecule has 3 aromatic rings. The molecule has 0 saturated carbocycles. The van der Waals surface area contributed by atoms with Gasteiger partial charge in [0.2, 0.25) is 16.0 Å². The number of hydrogen-bond donors (Lipinski definition) is 3. The zero-order chi connectivity index (χ0) is 21.7. The van der Waals surface area contributed by atoms with Gasteiger partial charge in [0.25, 0.3) is 0 Å². The lowest BCUT2D eigenvalue weighted by molar-refractivity contribution is 0.368. The van der Waals surface area contributed by atoms with Crippen LogP contribution in [0.3, 0.4) is 0 Å². The molecule has 0 fully saturated rings. The topological polar surface area (TPSA) is 143 Å². The lowest BCUT2D eigenvalue weighted by Gasteiger charge is -2.11. The normalized spacial score (nSPS) is 10.9. The van der Waals surface area contributed by atoms with Crippen LogP contribution >= 0.6 is 0 Å². The Morgan fingerprint density at radius 2 is 1.87 bits per heavy atom. The van der Waals surface area contributed by atoms with Gasteiger partial charge in [-0.05, 0) is 48.9 Å². The zero-order valence-electron chi connectivity index (χ0n) is 15.8. The van der Waals surface area contributed by atoms with E-state index in [1.165, 1.54) is 6.07 Å². The fourth-order valence-electron chi connectivity index (χ4n) is 2.52. The molecule has 0 aliphatic heterocycles. The summed E-state index contributed by atoms with van der Waals surface area (Å²) in [5.74, 6) is -0.216. The minimum absolute atomic E-state index is 0.0355. The number of anilines is 4. The van der Waals surface area contributed by atoms with Crippen molar-refractivity contribution in [2.75, 3.05) is 17.2 Å². The highest BCUT2D eigenvalue weighted by atomic mass is 32.2. The lowest BCUT2D eigenvalue weighted by atomic mass is 10.2. The maximum atomic E-state index is 14.1. The van der Waals surface area contributed by atoms with E-state index in [9.17, 15) is 12.8 Å². The summed E-state index contributed by atoms with van der Waals surface area (Å²) in [6, 6.07) is 13.0. The Balaban J connectivity index is 1.80. The highest BCUT2D eigenvalue weighted by molar-refractivity contribution is 7.89. The molecule has 0 aliphatic carbocycles. The first-order valence-corrected chi connectivity index (χ1v) is 10.1. The molecule has 0 radical (unpaired) electrons. The lowest BCUT2D eigenvalue weighted by Crippen LogP contribution is -2.14. The molecule has 4 N–H and O–H groups in total. The Kier molecular flexibility index (Phi) is 6.10. The molecular weight excluding hydrogens is 411 g/mol. The van der Waals surface area contributed by atoms with Gasteiger partial charge in [-0.3, -0.25) is 0 Å². The van der Waals surface area contributed by atoms with Crippen molar-refractivity contribution >= 4 is 33.2 Å². The van der Waals surface area contributed by atoms with Crippen LogP contribution in [0.5, 0.6) is 5.75 Å². The van der Waals surface area contributed by atoms with Crippen molar-refractivity contribution in [2.45, 2.75) is 11.8 Å². The van der Waals surface area contributed by atoms with E-state index in [1.807, 2.05) is 6.07 Å². The van der Waals surface area contributed by atoms with E-state index in [2.05, 4.69) is 20.6 Å². The smallest absolute Gasteiger partial charge is 0.238 e. The number of aromatic nitrogens is 2. The minimum atomic E-state index is -3.89. The van der Waals surface area contributed by atoms with Crippen molar-refractivity contribution in [1.29, 1.82) is 5.26 Å². The van der Waals surface area contributed by atoms with Crippen LogP contribution in [0.2, 0.25) is 0 Å². The second kappa shape index (κ2) is 8.73. The number of nitrogens with two attached hydrogens (primary N) is 1. The van der Waals surface area contributed by atoms with Gasteiger partial charge in [-0.2, -0.15) is 10.2 Å². The van der Waals surface area contributed by atoms with Gasteiger partial charge in [-0.25, -0.2) is 22.9 Å². The molecule has 0 unspecified atom stereocenters. The average Bonchev–Trinajstić information content (AvgIpc) is 2.70. The first-order valence-electron chi connectivity index (χ1n) is 8.56. The molecule has 11 heteroatoms. The van der Waals surface area contributed by atoms with E-state index in [0.29, 0.717) is 22.7 Å². The molecule has 1 heterocycles. The summed E-state index contributed by atoms with van der Waals surface area (Å²) in [5.41, 5.74) is 1.41. The molecule has 0 amide bonds. The number of halogens is 1. The summed E-state index contributed by atoms with van der Waals surface area (Å²) in [4.78, 5) is 7.92. The Hall–Kier alpha value is -3.75. The number of sulfonamides is 1. The maximum Gasteiger partial charge on any atom is 0.238 e. The Labute approximate surface area is 172 Å². The van der Waals surface area contributed by atoms with E-state index >= 15 is 0 Å². The number of benzene rings is 2. The molecule has 0 bridgehead atoms. The molecule has 154 valence electrons. The van der Waals surface area contributed by atoms with Gasteiger partial charge in [0, 0.05) is 11.4 Å². The quantitative estimate of drug-likeness (QED) is 0.521. The number of aryl methyl sites for hydroxylation is 1. The van der Waals surface area contributed by atoms with Crippen LogP contribution in [-0.2, 0) is 10.0 Å². The number of nitrogens with zero attached hydrogens (tertiary/aromatic N) is 3. The third kappa shape index (κ3) is 5.19. The molecule has 3 rings (SSSR count). The molecule has 2 aromatic carbocycles. The van der Waals surface area contributed by atoms with E-state index in [1.54, 1.807) is 43.3 Å². The molecule has 0 aliphatic rings. The molecule has 1 aromatic heterocycles. The van der Waals surface area contributed by atoms with E-state index in [0.717, 1.165) is 6.20 Å². The number of primary sulfonamides is 1. The predicted molar refractivity (Wildman–Crippen MR) is 109 cm³/mol. The second-order valence-corrected chi connectivity index (χ2v) is 7.67. The Morgan fingerprint density at radius 1 is 1.17 bits per heavy atom. The largest absolute Gasteiger partial charge is 0.479 e. The Bertz CT molecular complexity index is 1210. The van der Waals surface area contributed by atoms with E-state index < -0.39 is 15.8 Å². The highest BCUT2D eigenvalue weighted by Crippen LogP contribution is 2.24. The third-order valence-electron chi connectivity index (χ3n) is 3.92. The zero-order valence-corrected chi connectivity index (χ0v) is 16.6. The van der Waals surface area contributed by atoms with Crippen LogP contribution in [0.1, 0.15) is 5.56 Å². The van der Waals surface area contributed by atoms with Gasteiger partial charge in [0.05, 0.1) is 11.1 Å². The van der Waals surface area contributed by atoms with Gasteiger partial charge in [0.15, 0.2) is 18.2 Å². The fraction of sp³-hybridized carbons (Fsp3) is 0.105. The van der Waals surface area contributed by atoms with Crippen molar-refractivity contribution in [1.82, 2.24) is 9.97 Å². The molecule has 0 saturated heterocycles. The second-order valence-electron chi connectivity index (χ2n) is 6.14. The monoisotopic (exact) mass is 428 g/mol. The van der Waals surface area contributed by atoms with Crippen molar-refractivity contribution in [3.63, 3.8) is 0 Å². The highest BCUT2D eigenvalue weighted by Gasteiger charge is 2.13. The van der Waals surface area contributed by atoms with Gasteiger partial charge in [-0.15, -0.1) is 0 Å². The third-order valence-corrected chi connectivity index (χ3v) is 4.97. The molecule has 30 heavy (non-hydrogen) atoms. The Morgan fingerprint density at radius 3 is 2.53 bits per heavy atom. The predicted octanol–water partition coefficient (Wildman–Crippen LogP) is 2.96. The van der Waals surface area contributed by atoms with Crippen molar-refractivity contribution in [3.05, 3.63) is 60.0 Å². The number of rotatable bonds is 7. The SMILES string of the molecule is Cc1ccc(Nc2ncc(F)c(Nc3ccc(OCC#N)cc3)n2)cc1S(N)(=O)=O. The summed E-state index contributed by atoms with van der Waals surface area (Å²) in [6.45, 7) is 1.55. The van der Waals surface area contributed by atoms with Crippen molar-refractivity contribution < 1.29 is 17.5 Å². The maximum absolute atomic E-state index is 14.1. The summed E-state index contributed by atoms with van der Waals surface area (Å²) in [6.07, 6.45) is 0.983. The van der Waals surface area contributed by atoms with E-state index in [-0.39, 0.29) is 23.3 Å². The van der Waals surface area contributed by atoms with Crippen LogP contribution in [0.15, 0.2) is 53.6 Å². The summed E-state index contributed by atoms with van der Waals surface area (Å²) >= 11 is 0. The standard InChI is InChI=1S/C19H17FN6O3S/c1-12-2-3-14(10-17(12)30(22,27)28)25-19-23-11-16(20)18(26-19)24-13-4-6-15(7-5-13)29-9-8-21/h2-7,10-11H,9H2,1H3,(H2,22,27,28)(H2,23,24,25,26). The molecule has 0 spiro atoms. The van der Waals surface area contributed by atoms with Crippen LogP contribution in [0.4, 0.5) is 27.5 Å². The van der Waals surface area contributed by atoms with Gasteiger partial charge in [0.1, 0.15) is 11.8 Å². The average molecular weight is 428 g/mol. The number of nitrogens with one attached hydrogen (secondary N) is 2. The van der Waals surface area contributed by atoms with Gasteiger partial charge >= 0.3 is 0 Å². The summed E-state index contributed by atoms with van der Waals surface area (Å²) in [7, 11) is -3.89. The van der Waals surface area contributed by atoms with Crippen LogP contribution < -0.4 is 20.5 Å². The first-order chi connectivity index (χ1) is 14.3. The van der Waals surface area contributed by atoms with Gasteiger partial charge < -0.3 is 15.4 Å². The summed E-state index contributed by atoms with van der Waals surface area (Å²) in [5, 5.41) is 19.4. The molecular formula is C19H17FN6O3S. The minimum Gasteiger partial charge on any atom is -0.479 e. The van der Waals surface area contributed by atoms with Crippen LogP contribution in [-0.4, -0.2) is 25.0 Å². The summed E-state index contributed by atoms with van der Waals surface area (Å²) < 4.78 is 42.7. The van der Waals surface area contributed by atoms with Crippen molar-refractivity contribution in [3.8, 4) is 11.8 Å². The van der Waals surface area contributed by atoms with Crippen LogP contribution in [0.25, 0.3) is 0 Å². The number of hydrogen-bond acceptors (Lipinski definition) is 8. The first kappa shape index (κ1) is 21.0.